The van der Waals surface area contributed by atoms with E-state index in [1.54, 1.807) is 0 Å². The van der Waals surface area contributed by atoms with E-state index in [1.165, 1.54) is 48.3 Å². The van der Waals surface area contributed by atoms with E-state index in [1.807, 2.05) is 11.8 Å². The van der Waals surface area contributed by atoms with Crippen molar-refractivity contribution in [2.75, 3.05) is 12.3 Å². The van der Waals surface area contributed by atoms with Gasteiger partial charge in [-0.3, -0.25) is 0 Å². The number of aryl methyl sites for hydroxylation is 1. The van der Waals surface area contributed by atoms with E-state index >= 15 is 0 Å². The first-order chi connectivity index (χ1) is 10.2. The summed E-state index contributed by atoms with van der Waals surface area (Å²) >= 11 is 1.99. The zero-order valence-corrected chi connectivity index (χ0v) is 15.1. The van der Waals surface area contributed by atoms with E-state index in [-0.39, 0.29) is 0 Å². The first-order valence-corrected chi connectivity index (χ1v) is 9.60. The fourth-order valence-electron chi connectivity index (χ4n) is 2.71. The van der Waals surface area contributed by atoms with Crippen LogP contribution >= 0.6 is 11.8 Å². The number of nitrogens with one attached hydrogen (secondary N) is 1. The van der Waals surface area contributed by atoms with E-state index in [0.717, 1.165) is 12.5 Å². The van der Waals surface area contributed by atoms with Crippen LogP contribution in [0.2, 0.25) is 0 Å². The molecule has 2 heteroatoms. The monoisotopic (exact) mass is 307 g/mol. The molecule has 21 heavy (non-hydrogen) atoms. The van der Waals surface area contributed by atoms with Crippen molar-refractivity contribution in [1.29, 1.82) is 0 Å². The predicted molar refractivity (Wildman–Crippen MR) is 97.3 cm³/mol. The lowest BCUT2D eigenvalue weighted by Crippen LogP contribution is -2.33. The largest absolute Gasteiger partial charge is 0.313 e. The highest BCUT2D eigenvalue weighted by Gasteiger charge is 2.14. The molecule has 1 aromatic carbocycles. The Labute approximate surface area is 136 Å². The van der Waals surface area contributed by atoms with Gasteiger partial charge in [-0.25, -0.2) is 0 Å². The number of thioether (sulfide) groups is 1. The zero-order chi connectivity index (χ0) is 15.5. The molecule has 0 fully saturated rings. The van der Waals surface area contributed by atoms with Gasteiger partial charge in [-0.15, -0.1) is 11.8 Å². The molecule has 0 aromatic heterocycles. The second-order valence-corrected chi connectivity index (χ2v) is 7.12. The standard InChI is InChI=1S/C19H33NS/c1-5-8-9-17(6-2)14-18(20-7-3)15-21-19-12-10-16(4)11-13-19/h10-13,17-18,20H,5-9,14-15H2,1-4H3. The van der Waals surface area contributed by atoms with Crippen LogP contribution < -0.4 is 5.32 Å². The van der Waals surface area contributed by atoms with Crippen LogP contribution in [0.1, 0.15) is 58.4 Å². The SMILES string of the molecule is CCCCC(CC)CC(CSc1ccc(C)cc1)NCC. The smallest absolute Gasteiger partial charge is 0.0164 e. The number of rotatable bonds is 11. The summed E-state index contributed by atoms with van der Waals surface area (Å²) in [7, 11) is 0. The first kappa shape index (κ1) is 18.6. The molecule has 2 unspecified atom stereocenters. The average Bonchev–Trinajstić information content (AvgIpc) is 2.50. The Hall–Kier alpha value is -0.470. The minimum atomic E-state index is 0.642. The third kappa shape index (κ3) is 7.92. The molecule has 2 atom stereocenters. The second-order valence-electron chi connectivity index (χ2n) is 6.03. The van der Waals surface area contributed by atoms with Gasteiger partial charge < -0.3 is 5.32 Å². The molecule has 0 radical (unpaired) electrons. The maximum Gasteiger partial charge on any atom is 0.0164 e. The lowest BCUT2D eigenvalue weighted by atomic mass is 9.92. The molecule has 1 N–H and O–H groups in total. The molecule has 0 aliphatic carbocycles. The molecule has 0 amide bonds. The maximum absolute atomic E-state index is 3.68. The molecule has 1 rings (SSSR count). The molecular formula is C19H33NS. The topological polar surface area (TPSA) is 12.0 Å². The Bertz CT molecular complexity index is 360. The van der Waals surface area contributed by atoms with Gasteiger partial charge in [0.25, 0.3) is 0 Å². The molecule has 0 saturated carbocycles. The van der Waals surface area contributed by atoms with Crippen LogP contribution in [-0.2, 0) is 0 Å². The number of hydrogen-bond donors (Lipinski definition) is 1. The zero-order valence-electron chi connectivity index (χ0n) is 14.3. The van der Waals surface area contributed by atoms with Crippen molar-refractivity contribution in [2.45, 2.75) is 70.7 Å². The van der Waals surface area contributed by atoms with Crippen LogP contribution in [0, 0.1) is 12.8 Å². The Balaban J connectivity index is 2.45. The van der Waals surface area contributed by atoms with Gasteiger partial charge >= 0.3 is 0 Å². The third-order valence-electron chi connectivity index (χ3n) is 4.13. The van der Waals surface area contributed by atoms with Crippen molar-refractivity contribution < 1.29 is 0 Å². The summed E-state index contributed by atoms with van der Waals surface area (Å²) in [4.78, 5) is 1.39. The van der Waals surface area contributed by atoms with Crippen molar-refractivity contribution in [1.82, 2.24) is 5.32 Å². The maximum atomic E-state index is 3.68. The summed E-state index contributed by atoms with van der Waals surface area (Å²) in [6, 6.07) is 9.55. The lowest BCUT2D eigenvalue weighted by Gasteiger charge is -2.23. The molecule has 0 aliphatic rings. The molecular weight excluding hydrogens is 274 g/mol. The van der Waals surface area contributed by atoms with E-state index in [2.05, 4.69) is 57.3 Å². The Morgan fingerprint density at radius 1 is 1.10 bits per heavy atom. The summed E-state index contributed by atoms with van der Waals surface area (Å²) in [6.45, 7) is 10.1. The van der Waals surface area contributed by atoms with E-state index in [4.69, 9.17) is 0 Å². The molecule has 0 spiro atoms. The van der Waals surface area contributed by atoms with Gasteiger partial charge in [-0.1, -0.05) is 64.2 Å². The fourth-order valence-corrected chi connectivity index (χ4v) is 3.69. The van der Waals surface area contributed by atoms with Crippen LogP contribution in [0.3, 0.4) is 0 Å². The summed E-state index contributed by atoms with van der Waals surface area (Å²) in [5.74, 6) is 2.06. The average molecular weight is 308 g/mol. The minimum absolute atomic E-state index is 0.642. The molecule has 0 bridgehead atoms. The van der Waals surface area contributed by atoms with Gasteiger partial charge in [-0.2, -0.15) is 0 Å². The fraction of sp³-hybridized carbons (Fsp3) is 0.684. The summed E-state index contributed by atoms with van der Waals surface area (Å²) < 4.78 is 0. The van der Waals surface area contributed by atoms with Gasteiger partial charge in [0.2, 0.25) is 0 Å². The Morgan fingerprint density at radius 3 is 2.38 bits per heavy atom. The Kier molecular flexibility index (Phi) is 9.86. The van der Waals surface area contributed by atoms with Crippen molar-refractivity contribution in [3.63, 3.8) is 0 Å². The minimum Gasteiger partial charge on any atom is -0.313 e. The van der Waals surface area contributed by atoms with Crippen molar-refractivity contribution in [2.24, 2.45) is 5.92 Å². The highest BCUT2D eigenvalue weighted by Crippen LogP contribution is 2.24. The van der Waals surface area contributed by atoms with E-state index in [0.29, 0.717) is 6.04 Å². The Morgan fingerprint density at radius 2 is 1.81 bits per heavy atom. The van der Waals surface area contributed by atoms with Gasteiger partial charge in [0.15, 0.2) is 0 Å². The summed E-state index contributed by atoms with van der Waals surface area (Å²) in [5.41, 5.74) is 1.34. The molecule has 0 saturated heterocycles. The number of unbranched alkanes of at least 4 members (excludes halogenated alkanes) is 1. The normalized spacial score (nSPS) is 14.1. The lowest BCUT2D eigenvalue weighted by molar-refractivity contribution is 0.368. The first-order valence-electron chi connectivity index (χ1n) is 8.62. The molecule has 120 valence electrons. The van der Waals surface area contributed by atoms with Crippen LogP contribution in [0.4, 0.5) is 0 Å². The highest BCUT2D eigenvalue weighted by atomic mass is 32.2. The molecule has 0 heterocycles. The quantitative estimate of drug-likeness (QED) is 0.528. The number of hydrogen-bond acceptors (Lipinski definition) is 2. The van der Waals surface area contributed by atoms with Gasteiger partial charge in [-0.05, 0) is 37.9 Å². The van der Waals surface area contributed by atoms with Crippen LogP contribution in [0.5, 0.6) is 0 Å². The van der Waals surface area contributed by atoms with Crippen LogP contribution in [-0.4, -0.2) is 18.3 Å². The highest BCUT2D eigenvalue weighted by molar-refractivity contribution is 7.99. The second kappa shape index (κ2) is 11.1. The molecule has 1 aromatic rings. The third-order valence-corrected chi connectivity index (χ3v) is 5.30. The van der Waals surface area contributed by atoms with Crippen molar-refractivity contribution in [3.8, 4) is 0 Å². The van der Waals surface area contributed by atoms with Crippen molar-refractivity contribution >= 4 is 11.8 Å². The van der Waals surface area contributed by atoms with Gasteiger partial charge in [0.05, 0.1) is 0 Å². The van der Waals surface area contributed by atoms with E-state index in [9.17, 15) is 0 Å². The molecule has 1 nitrogen and oxygen atoms in total. The number of benzene rings is 1. The molecule has 0 aliphatic heterocycles. The summed E-state index contributed by atoms with van der Waals surface area (Å²) in [6.07, 6.45) is 6.73. The van der Waals surface area contributed by atoms with Gasteiger partial charge in [0, 0.05) is 16.7 Å². The van der Waals surface area contributed by atoms with Crippen molar-refractivity contribution in [3.05, 3.63) is 29.8 Å². The van der Waals surface area contributed by atoms with Crippen LogP contribution in [0.15, 0.2) is 29.2 Å². The van der Waals surface area contributed by atoms with Gasteiger partial charge in [0.1, 0.15) is 0 Å². The summed E-state index contributed by atoms with van der Waals surface area (Å²) in [5, 5.41) is 3.68. The van der Waals surface area contributed by atoms with E-state index < -0.39 is 0 Å². The van der Waals surface area contributed by atoms with Crippen LogP contribution in [0.25, 0.3) is 0 Å². The predicted octanol–water partition coefficient (Wildman–Crippen LogP) is 5.67.